The summed E-state index contributed by atoms with van der Waals surface area (Å²) in [6.07, 6.45) is 0. The first-order valence-corrected chi connectivity index (χ1v) is 6.34. The molecule has 0 atom stereocenters. The van der Waals surface area contributed by atoms with Crippen molar-refractivity contribution in [2.75, 3.05) is 12.4 Å². The molecule has 98 valence electrons. The second-order valence-electron chi connectivity index (χ2n) is 3.83. The van der Waals surface area contributed by atoms with Crippen molar-refractivity contribution in [1.82, 2.24) is 0 Å². The minimum atomic E-state index is -0.449. The molecule has 2 aromatic rings. The molecule has 0 aliphatic heterocycles. The van der Waals surface area contributed by atoms with Gasteiger partial charge in [0.05, 0.1) is 24.0 Å². The molecule has 0 bridgehead atoms. The van der Waals surface area contributed by atoms with Gasteiger partial charge in [0.15, 0.2) is 0 Å². The molecule has 0 unspecified atom stereocenters. The Labute approximate surface area is 119 Å². The van der Waals surface area contributed by atoms with Crippen molar-refractivity contribution in [3.8, 4) is 5.75 Å². The van der Waals surface area contributed by atoms with Crippen LogP contribution in [0.25, 0.3) is 0 Å². The highest BCUT2D eigenvalue weighted by atomic mass is 79.9. The average molecular weight is 322 g/mol. The molecule has 2 rings (SSSR count). The molecule has 0 saturated heterocycles. The van der Waals surface area contributed by atoms with Crippen LogP contribution < -0.4 is 5.32 Å². The zero-order valence-corrected chi connectivity index (χ0v) is 11.8. The van der Waals surface area contributed by atoms with E-state index in [0.29, 0.717) is 11.3 Å². The summed E-state index contributed by atoms with van der Waals surface area (Å²) in [5.74, 6) is -0.390. The molecule has 19 heavy (non-hydrogen) atoms. The third-order valence-electron chi connectivity index (χ3n) is 2.56. The van der Waals surface area contributed by atoms with Crippen molar-refractivity contribution >= 4 is 33.3 Å². The van der Waals surface area contributed by atoms with Crippen molar-refractivity contribution in [3.05, 3.63) is 52.5 Å². The number of phenols is 1. The van der Waals surface area contributed by atoms with Gasteiger partial charge in [-0.05, 0) is 46.3 Å². The largest absolute Gasteiger partial charge is 0.506 e. The smallest absolute Gasteiger partial charge is 0.337 e. The van der Waals surface area contributed by atoms with Crippen molar-refractivity contribution < 1.29 is 14.6 Å². The highest BCUT2D eigenvalue weighted by molar-refractivity contribution is 9.10. The highest BCUT2D eigenvalue weighted by Gasteiger charge is 2.10. The SMILES string of the molecule is COC(=O)c1ccc(O)c(Nc2ccccc2Br)c1. The van der Waals surface area contributed by atoms with E-state index in [1.807, 2.05) is 24.3 Å². The number of aromatic hydroxyl groups is 1. The summed E-state index contributed by atoms with van der Waals surface area (Å²) < 4.78 is 5.51. The van der Waals surface area contributed by atoms with E-state index >= 15 is 0 Å². The number of carbonyl (C=O) groups is 1. The van der Waals surface area contributed by atoms with Crippen molar-refractivity contribution in [3.63, 3.8) is 0 Å². The predicted octanol–water partition coefficient (Wildman–Crippen LogP) is 3.68. The molecule has 0 aromatic heterocycles. The molecule has 0 spiro atoms. The number of esters is 1. The summed E-state index contributed by atoms with van der Waals surface area (Å²) in [6.45, 7) is 0. The zero-order valence-electron chi connectivity index (χ0n) is 10.2. The third kappa shape index (κ3) is 3.06. The summed E-state index contributed by atoms with van der Waals surface area (Å²) >= 11 is 3.40. The standard InChI is InChI=1S/C14H12BrNO3/c1-19-14(18)9-6-7-13(17)12(8-9)16-11-5-3-2-4-10(11)15/h2-8,16-17H,1H3. The highest BCUT2D eigenvalue weighted by Crippen LogP contribution is 2.31. The molecule has 0 amide bonds. The van der Waals surface area contributed by atoms with Crippen LogP contribution in [0.1, 0.15) is 10.4 Å². The average Bonchev–Trinajstić information content (AvgIpc) is 2.42. The van der Waals surface area contributed by atoms with Gasteiger partial charge >= 0.3 is 5.97 Å². The Balaban J connectivity index is 2.34. The molecule has 2 aromatic carbocycles. The zero-order chi connectivity index (χ0) is 13.8. The van der Waals surface area contributed by atoms with Crippen molar-refractivity contribution in [2.24, 2.45) is 0 Å². The number of nitrogens with one attached hydrogen (secondary N) is 1. The van der Waals surface area contributed by atoms with E-state index in [2.05, 4.69) is 26.0 Å². The first kappa shape index (κ1) is 13.4. The lowest BCUT2D eigenvalue weighted by Crippen LogP contribution is -2.02. The number of ether oxygens (including phenoxy) is 1. The second kappa shape index (κ2) is 5.75. The van der Waals surface area contributed by atoms with Crippen LogP contribution in [0.4, 0.5) is 11.4 Å². The lowest BCUT2D eigenvalue weighted by molar-refractivity contribution is 0.0601. The monoisotopic (exact) mass is 321 g/mol. The van der Waals surface area contributed by atoms with Crippen LogP contribution in [0.5, 0.6) is 5.75 Å². The quantitative estimate of drug-likeness (QED) is 0.668. The van der Waals surface area contributed by atoms with Crippen LogP contribution >= 0.6 is 15.9 Å². The number of benzene rings is 2. The van der Waals surface area contributed by atoms with Crippen LogP contribution in [-0.2, 0) is 4.74 Å². The minimum absolute atomic E-state index is 0.0587. The van der Waals surface area contributed by atoms with E-state index in [1.165, 1.54) is 19.2 Å². The number of anilines is 2. The number of carbonyl (C=O) groups excluding carboxylic acids is 1. The van der Waals surface area contributed by atoms with Crippen LogP contribution in [0.2, 0.25) is 0 Å². The number of para-hydroxylation sites is 1. The topological polar surface area (TPSA) is 58.6 Å². The Hall–Kier alpha value is -2.01. The number of phenolic OH excluding ortho intramolecular Hbond substituents is 1. The normalized spacial score (nSPS) is 10.0. The maximum atomic E-state index is 11.5. The maximum absolute atomic E-state index is 11.5. The van der Waals surface area contributed by atoms with E-state index < -0.39 is 5.97 Å². The summed E-state index contributed by atoms with van der Waals surface area (Å²) in [7, 11) is 1.32. The van der Waals surface area contributed by atoms with Crippen molar-refractivity contribution in [1.29, 1.82) is 0 Å². The molecular weight excluding hydrogens is 310 g/mol. The molecule has 5 heteroatoms. The Morgan fingerprint density at radius 3 is 2.63 bits per heavy atom. The molecule has 0 saturated carbocycles. The van der Waals surface area contributed by atoms with Crippen molar-refractivity contribution in [2.45, 2.75) is 0 Å². The molecule has 0 radical (unpaired) electrons. The van der Waals surface area contributed by atoms with Gasteiger partial charge in [0.2, 0.25) is 0 Å². The first-order chi connectivity index (χ1) is 9.11. The third-order valence-corrected chi connectivity index (χ3v) is 3.25. The lowest BCUT2D eigenvalue weighted by Gasteiger charge is -2.11. The Morgan fingerprint density at radius 2 is 1.95 bits per heavy atom. The van der Waals surface area contributed by atoms with E-state index in [1.54, 1.807) is 6.07 Å². The maximum Gasteiger partial charge on any atom is 0.337 e. The fourth-order valence-corrected chi connectivity index (χ4v) is 1.97. The second-order valence-corrected chi connectivity index (χ2v) is 4.68. The number of methoxy groups -OCH3 is 1. The van der Waals surface area contributed by atoms with Crippen LogP contribution in [0.3, 0.4) is 0 Å². The summed E-state index contributed by atoms with van der Waals surface area (Å²) in [5, 5.41) is 12.9. The Bertz CT molecular complexity index is 613. The number of halogens is 1. The Kier molecular flexibility index (Phi) is 4.06. The summed E-state index contributed by atoms with van der Waals surface area (Å²) in [5.41, 5.74) is 1.60. The van der Waals surface area contributed by atoms with Gasteiger partial charge in [0.25, 0.3) is 0 Å². The fraction of sp³-hybridized carbons (Fsp3) is 0.0714. The summed E-state index contributed by atoms with van der Waals surface area (Å²) in [4.78, 5) is 11.5. The molecule has 0 aliphatic carbocycles. The van der Waals surface area contributed by atoms with Gasteiger partial charge in [-0.25, -0.2) is 4.79 Å². The lowest BCUT2D eigenvalue weighted by atomic mass is 10.2. The number of hydrogen-bond donors (Lipinski definition) is 2. The molecule has 0 fully saturated rings. The fourth-order valence-electron chi connectivity index (χ4n) is 1.59. The molecule has 4 nitrogen and oxygen atoms in total. The predicted molar refractivity (Wildman–Crippen MR) is 76.9 cm³/mol. The van der Waals surface area contributed by atoms with E-state index in [9.17, 15) is 9.90 Å². The molecule has 0 heterocycles. The van der Waals surface area contributed by atoms with Gasteiger partial charge in [-0.2, -0.15) is 0 Å². The number of hydrogen-bond acceptors (Lipinski definition) is 4. The van der Waals surface area contributed by atoms with Gasteiger partial charge in [-0.15, -0.1) is 0 Å². The molecule has 2 N–H and O–H groups in total. The number of rotatable bonds is 3. The van der Waals surface area contributed by atoms with Gasteiger partial charge in [0.1, 0.15) is 5.75 Å². The molecule has 0 aliphatic rings. The van der Waals surface area contributed by atoms with Gasteiger partial charge in [-0.3, -0.25) is 0 Å². The van der Waals surface area contributed by atoms with E-state index in [0.717, 1.165) is 10.2 Å². The van der Waals surface area contributed by atoms with Crippen LogP contribution in [0.15, 0.2) is 46.9 Å². The van der Waals surface area contributed by atoms with E-state index in [4.69, 9.17) is 0 Å². The Morgan fingerprint density at radius 1 is 1.21 bits per heavy atom. The van der Waals surface area contributed by atoms with E-state index in [-0.39, 0.29) is 5.75 Å². The van der Waals surface area contributed by atoms with Crippen LogP contribution in [0, 0.1) is 0 Å². The van der Waals surface area contributed by atoms with Crippen LogP contribution in [-0.4, -0.2) is 18.2 Å². The minimum Gasteiger partial charge on any atom is -0.506 e. The first-order valence-electron chi connectivity index (χ1n) is 5.54. The van der Waals surface area contributed by atoms with Gasteiger partial charge in [0, 0.05) is 4.47 Å². The molecular formula is C14H12BrNO3. The summed E-state index contributed by atoms with van der Waals surface area (Å²) in [6, 6.07) is 12.0. The van der Waals surface area contributed by atoms with Gasteiger partial charge < -0.3 is 15.2 Å². The van der Waals surface area contributed by atoms with Gasteiger partial charge in [-0.1, -0.05) is 12.1 Å².